The van der Waals surface area contributed by atoms with Crippen molar-refractivity contribution < 1.29 is 21.6 Å². The molecule has 1 atom stereocenters. The summed E-state index contributed by atoms with van der Waals surface area (Å²) in [5.41, 5.74) is 0.123. The molecule has 0 aliphatic carbocycles. The average Bonchev–Trinajstić information content (AvgIpc) is 3.20. The first-order chi connectivity index (χ1) is 10.0. The van der Waals surface area contributed by atoms with E-state index >= 15 is 0 Å². The van der Waals surface area contributed by atoms with Crippen LogP contribution in [0.2, 0.25) is 0 Å². The van der Waals surface area contributed by atoms with Crippen LogP contribution in [0.4, 0.5) is 0 Å². The molecule has 1 fully saturated rings. The number of halogens is 1. The van der Waals surface area contributed by atoms with Crippen molar-refractivity contribution in [3.8, 4) is 0 Å². The van der Waals surface area contributed by atoms with Crippen LogP contribution in [0.1, 0.15) is 90.9 Å². The second-order valence-electron chi connectivity index (χ2n) is 7.76. The van der Waals surface area contributed by atoms with E-state index < -0.39 is 0 Å². The predicted octanol–water partition coefficient (Wildman–Crippen LogP) is 2.51. The Kier molecular flexibility index (Phi) is 11.8. The fraction of sp³-hybridized carbons (Fsp3) is 1.00. The van der Waals surface area contributed by atoms with Gasteiger partial charge in [-0.25, -0.2) is 0 Å². The van der Waals surface area contributed by atoms with Crippen molar-refractivity contribution in [1.82, 2.24) is 0 Å². The SMILES string of the molecule is CCCCCCCCCCCCCC[N+](C)(C)C1(C)CO1.[Cl-]. The maximum absolute atomic E-state index is 5.59. The molecule has 2 nitrogen and oxygen atoms in total. The lowest BCUT2D eigenvalue weighted by Crippen LogP contribution is -3.00. The lowest BCUT2D eigenvalue weighted by Gasteiger charge is -2.33. The molecular formula is C19H40ClNO. The number of quaternary nitrogens is 1. The molecule has 1 aliphatic rings. The van der Waals surface area contributed by atoms with Crippen LogP contribution in [-0.4, -0.2) is 37.5 Å². The minimum Gasteiger partial charge on any atom is -1.00 e. The monoisotopic (exact) mass is 333 g/mol. The summed E-state index contributed by atoms with van der Waals surface area (Å²) in [6.45, 7) is 6.73. The summed E-state index contributed by atoms with van der Waals surface area (Å²) >= 11 is 0. The zero-order valence-electron chi connectivity index (χ0n) is 15.6. The quantitative estimate of drug-likeness (QED) is 0.270. The van der Waals surface area contributed by atoms with Crippen LogP contribution < -0.4 is 12.4 Å². The van der Waals surface area contributed by atoms with Crippen LogP contribution in [-0.2, 0) is 4.74 Å². The van der Waals surface area contributed by atoms with Gasteiger partial charge in [-0.05, 0) is 12.8 Å². The van der Waals surface area contributed by atoms with Gasteiger partial charge in [0.2, 0.25) is 5.72 Å². The fourth-order valence-corrected chi connectivity index (χ4v) is 3.04. The lowest BCUT2D eigenvalue weighted by molar-refractivity contribution is -0.935. The minimum atomic E-state index is 0. The third kappa shape index (κ3) is 8.74. The smallest absolute Gasteiger partial charge is 0.224 e. The van der Waals surface area contributed by atoms with E-state index in [2.05, 4.69) is 27.9 Å². The van der Waals surface area contributed by atoms with Gasteiger partial charge in [-0.15, -0.1) is 0 Å². The molecule has 3 heteroatoms. The number of hydrogen-bond acceptors (Lipinski definition) is 1. The molecular weight excluding hydrogens is 294 g/mol. The molecule has 0 bridgehead atoms. The Labute approximate surface area is 146 Å². The van der Waals surface area contributed by atoms with Gasteiger partial charge in [0.15, 0.2) is 0 Å². The molecule has 134 valence electrons. The average molecular weight is 334 g/mol. The van der Waals surface area contributed by atoms with E-state index in [0.717, 1.165) is 11.1 Å². The van der Waals surface area contributed by atoms with Gasteiger partial charge in [0.1, 0.15) is 6.61 Å². The molecule has 0 aromatic heterocycles. The van der Waals surface area contributed by atoms with Gasteiger partial charge in [0, 0.05) is 6.92 Å². The minimum absolute atomic E-state index is 0. The Morgan fingerprint density at radius 2 is 1.14 bits per heavy atom. The third-order valence-electron chi connectivity index (χ3n) is 5.41. The Morgan fingerprint density at radius 1 is 0.773 bits per heavy atom. The lowest BCUT2D eigenvalue weighted by atomic mass is 10.0. The van der Waals surface area contributed by atoms with Crippen molar-refractivity contribution in [2.75, 3.05) is 27.2 Å². The molecule has 0 aromatic rings. The largest absolute Gasteiger partial charge is 1.00 e. The van der Waals surface area contributed by atoms with Gasteiger partial charge >= 0.3 is 0 Å². The van der Waals surface area contributed by atoms with Crippen molar-refractivity contribution in [2.45, 2.75) is 96.6 Å². The Bertz CT molecular complexity index is 264. The van der Waals surface area contributed by atoms with E-state index in [9.17, 15) is 0 Å². The molecule has 1 saturated heterocycles. The number of likely N-dealkylation sites (N-methyl/N-ethyl adjacent to an activating group) is 1. The Hall–Kier alpha value is 0.210. The molecule has 0 N–H and O–H groups in total. The van der Waals surface area contributed by atoms with Crippen LogP contribution in [0.3, 0.4) is 0 Å². The number of rotatable bonds is 14. The highest BCUT2D eigenvalue weighted by Gasteiger charge is 2.53. The highest BCUT2D eigenvalue weighted by atomic mass is 35.5. The molecule has 0 spiro atoms. The van der Waals surface area contributed by atoms with Gasteiger partial charge in [-0.1, -0.05) is 71.1 Å². The fourth-order valence-electron chi connectivity index (χ4n) is 3.04. The first kappa shape index (κ1) is 22.2. The van der Waals surface area contributed by atoms with Gasteiger partial charge in [-0.3, -0.25) is 4.48 Å². The van der Waals surface area contributed by atoms with Crippen LogP contribution in [0.15, 0.2) is 0 Å². The maximum atomic E-state index is 5.59. The van der Waals surface area contributed by atoms with Gasteiger partial charge in [0.05, 0.1) is 20.6 Å². The summed E-state index contributed by atoms with van der Waals surface area (Å²) in [6, 6.07) is 0. The number of hydrogen-bond donors (Lipinski definition) is 0. The number of nitrogens with zero attached hydrogens (tertiary/aromatic N) is 1. The molecule has 0 saturated carbocycles. The maximum Gasteiger partial charge on any atom is 0.224 e. The van der Waals surface area contributed by atoms with Gasteiger partial charge in [-0.2, -0.15) is 0 Å². The van der Waals surface area contributed by atoms with Crippen LogP contribution >= 0.6 is 0 Å². The van der Waals surface area contributed by atoms with Crippen LogP contribution in [0.25, 0.3) is 0 Å². The van der Waals surface area contributed by atoms with Crippen molar-refractivity contribution in [2.24, 2.45) is 0 Å². The van der Waals surface area contributed by atoms with Crippen molar-refractivity contribution in [3.63, 3.8) is 0 Å². The highest BCUT2D eigenvalue weighted by molar-refractivity contribution is 4.75. The zero-order valence-corrected chi connectivity index (χ0v) is 16.4. The van der Waals surface area contributed by atoms with Gasteiger partial charge in [0.25, 0.3) is 0 Å². The first-order valence-corrected chi connectivity index (χ1v) is 9.49. The molecule has 0 radical (unpaired) electrons. The summed E-state index contributed by atoms with van der Waals surface area (Å²) in [5, 5.41) is 0. The summed E-state index contributed by atoms with van der Waals surface area (Å²) < 4.78 is 6.62. The molecule has 1 aliphatic heterocycles. The van der Waals surface area contributed by atoms with Crippen LogP contribution in [0, 0.1) is 0 Å². The predicted molar refractivity (Wildman–Crippen MR) is 92.4 cm³/mol. The van der Waals surface area contributed by atoms with E-state index in [1.54, 1.807) is 0 Å². The van der Waals surface area contributed by atoms with E-state index in [4.69, 9.17) is 4.74 Å². The van der Waals surface area contributed by atoms with Crippen molar-refractivity contribution in [3.05, 3.63) is 0 Å². The zero-order chi connectivity index (χ0) is 15.6. The molecule has 1 heterocycles. The summed E-state index contributed by atoms with van der Waals surface area (Å²) in [6.07, 6.45) is 17.1. The first-order valence-electron chi connectivity index (χ1n) is 9.49. The summed E-state index contributed by atoms with van der Waals surface area (Å²) in [4.78, 5) is 0. The van der Waals surface area contributed by atoms with Crippen molar-refractivity contribution >= 4 is 0 Å². The Balaban J connectivity index is 0.00000441. The molecule has 1 rings (SSSR count). The normalized spacial score (nSPS) is 20.7. The Morgan fingerprint density at radius 3 is 1.50 bits per heavy atom. The third-order valence-corrected chi connectivity index (χ3v) is 5.41. The van der Waals surface area contributed by atoms with E-state index in [-0.39, 0.29) is 18.1 Å². The summed E-state index contributed by atoms with van der Waals surface area (Å²) in [7, 11) is 4.62. The second-order valence-corrected chi connectivity index (χ2v) is 7.76. The van der Waals surface area contributed by atoms with Gasteiger partial charge < -0.3 is 17.1 Å². The number of unbranched alkanes of at least 4 members (excludes halogenated alkanes) is 11. The van der Waals surface area contributed by atoms with Crippen molar-refractivity contribution in [1.29, 1.82) is 0 Å². The summed E-state index contributed by atoms with van der Waals surface area (Å²) in [5.74, 6) is 0. The topological polar surface area (TPSA) is 12.5 Å². The van der Waals surface area contributed by atoms with E-state index in [0.29, 0.717) is 0 Å². The molecule has 0 amide bonds. The number of ether oxygens (including phenoxy) is 1. The molecule has 22 heavy (non-hydrogen) atoms. The van der Waals surface area contributed by atoms with E-state index in [1.165, 1.54) is 83.6 Å². The van der Waals surface area contributed by atoms with Crippen LogP contribution in [0.5, 0.6) is 0 Å². The standard InChI is InChI=1S/C19H40NO.ClH/c1-5-6-7-8-9-10-11-12-13-14-15-16-17-20(3,4)19(2)18-21-19;/h5-18H2,1-4H3;1H/q+1;/p-1. The van der Waals surface area contributed by atoms with E-state index in [1.807, 2.05) is 0 Å². The number of epoxide rings is 1. The second kappa shape index (κ2) is 11.7. The molecule has 0 aromatic carbocycles. The molecule has 1 unspecified atom stereocenters. The highest BCUT2D eigenvalue weighted by Crippen LogP contribution is 2.35.